The van der Waals surface area contributed by atoms with E-state index >= 15 is 0 Å². The van der Waals surface area contributed by atoms with Gasteiger partial charge in [0.25, 0.3) is 11.8 Å². The molecule has 1 aromatic heterocycles. The van der Waals surface area contributed by atoms with Gasteiger partial charge in [0.15, 0.2) is 0 Å². The third-order valence-corrected chi connectivity index (χ3v) is 5.70. The molecule has 3 aromatic rings. The smallest absolute Gasteiger partial charge is 0.278 e. The van der Waals surface area contributed by atoms with Crippen LogP contribution in [0.1, 0.15) is 10.4 Å². The SMILES string of the molecule is COc1cc(NC2=C(c3cccs3)C(=O)N(Cc3ccc(F)cc3)C2=O)cc(OC)c1. The highest BCUT2D eigenvalue weighted by atomic mass is 32.1. The lowest BCUT2D eigenvalue weighted by molar-refractivity contribution is -0.137. The Morgan fingerprint density at radius 3 is 2.23 bits per heavy atom. The predicted molar refractivity (Wildman–Crippen MR) is 116 cm³/mol. The number of rotatable bonds is 7. The third-order valence-electron chi connectivity index (χ3n) is 4.81. The molecule has 2 heterocycles. The van der Waals surface area contributed by atoms with Crippen molar-refractivity contribution in [2.45, 2.75) is 6.54 Å². The van der Waals surface area contributed by atoms with E-state index in [-0.39, 0.29) is 18.1 Å². The van der Waals surface area contributed by atoms with Gasteiger partial charge in [0.05, 0.1) is 26.3 Å². The first-order chi connectivity index (χ1) is 15.0. The van der Waals surface area contributed by atoms with Gasteiger partial charge in [-0.2, -0.15) is 0 Å². The Bertz CT molecular complexity index is 1130. The molecule has 0 unspecified atom stereocenters. The minimum Gasteiger partial charge on any atom is -0.497 e. The summed E-state index contributed by atoms with van der Waals surface area (Å²) in [6.45, 7) is 0.0411. The number of carbonyl (C=O) groups excluding carboxylic acids is 2. The van der Waals surface area contributed by atoms with Gasteiger partial charge in [0, 0.05) is 28.8 Å². The van der Waals surface area contributed by atoms with Crippen LogP contribution in [0.4, 0.5) is 10.1 Å². The van der Waals surface area contributed by atoms with Crippen LogP contribution in [0, 0.1) is 5.82 Å². The standard InChI is InChI=1S/C23H19FN2O4S/c1-29-17-10-16(11-18(12-17)30-2)25-21-20(19-4-3-9-31-19)22(27)26(23(21)28)13-14-5-7-15(24)8-6-14/h3-12,25H,13H2,1-2H3. The van der Waals surface area contributed by atoms with Crippen molar-refractivity contribution in [1.82, 2.24) is 4.90 Å². The number of ether oxygens (including phenoxy) is 2. The molecule has 1 aliphatic heterocycles. The zero-order valence-corrected chi connectivity index (χ0v) is 17.7. The largest absolute Gasteiger partial charge is 0.497 e. The maximum absolute atomic E-state index is 13.3. The van der Waals surface area contributed by atoms with Crippen molar-refractivity contribution in [2.75, 3.05) is 19.5 Å². The van der Waals surface area contributed by atoms with Crippen molar-refractivity contribution >= 4 is 34.4 Å². The van der Waals surface area contributed by atoms with Crippen LogP contribution < -0.4 is 14.8 Å². The van der Waals surface area contributed by atoms with Gasteiger partial charge in [-0.25, -0.2) is 4.39 Å². The normalized spacial score (nSPS) is 13.7. The maximum atomic E-state index is 13.3. The lowest BCUT2D eigenvalue weighted by Gasteiger charge is -2.16. The Morgan fingerprint density at radius 1 is 0.968 bits per heavy atom. The van der Waals surface area contributed by atoms with Crippen molar-refractivity contribution < 1.29 is 23.5 Å². The van der Waals surface area contributed by atoms with Crippen molar-refractivity contribution in [2.24, 2.45) is 0 Å². The average molecular weight is 438 g/mol. The Hall–Kier alpha value is -3.65. The van der Waals surface area contributed by atoms with E-state index in [1.165, 1.54) is 37.7 Å². The molecular formula is C23H19FN2O4S. The van der Waals surface area contributed by atoms with Crippen molar-refractivity contribution in [1.29, 1.82) is 0 Å². The van der Waals surface area contributed by atoms with Gasteiger partial charge in [-0.05, 0) is 29.1 Å². The number of anilines is 1. The molecule has 1 N–H and O–H groups in total. The van der Waals surface area contributed by atoms with Crippen LogP contribution in [0.2, 0.25) is 0 Å². The number of imide groups is 1. The molecule has 0 saturated carbocycles. The maximum Gasteiger partial charge on any atom is 0.278 e. The van der Waals surface area contributed by atoms with Gasteiger partial charge in [-0.3, -0.25) is 14.5 Å². The minimum absolute atomic E-state index is 0.0411. The third kappa shape index (κ3) is 4.15. The molecular weight excluding hydrogens is 419 g/mol. The molecule has 2 amide bonds. The highest BCUT2D eigenvalue weighted by Gasteiger charge is 2.39. The number of hydrogen-bond acceptors (Lipinski definition) is 6. The lowest BCUT2D eigenvalue weighted by Crippen LogP contribution is -2.31. The number of nitrogens with one attached hydrogen (secondary N) is 1. The van der Waals surface area contributed by atoms with Gasteiger partial charge in [0.1, 0.15) is 23.0 Å². The Kier molecular flexibility index (Phi) is 5.73. The van der Waals surface area contributed by atoms with Gasteiger partial charge >= 0.3 is 0 Å². The molecule has 2 aromatic carbocycles. The molecule has 0 aliphatic carbocycles. The van der Waals surface area contributed by atoms with Crippen LogP contribution in [-0.4, -0.2) is 30.9 Å². The van der Waals surface area contributed by atoms with Gasteiger partial charge in [-0.15, -0.1) is 11.3 Å². The first-order valence-corrected chi connectivity index (χ1v) is 10.3. The summed E-state index contributed by atoms with van der Waals surface area (Å²) in [6, 6.07) is 14.5. The van der Waals surface area contributed by atoms with E-state index in [4.69, 9.17) is 9.47 Å². The van der Waals surface area contributed by atoms with Crippen LogP contribution in [0.5, 0.6) is 11.5 Å². The highest BCUT2D eigenvalue weighted by molar-refractivity contribution is 7.11. The summed E-state index contributed by atoms with van der Waals surface area (Å²) in [6.07, 6.45) is 0. The molecule has 0 atom stereocenters. The number of thiophene rings is 1. The quantitative estimate of drug-likeness (QED) is 0.557. The second kappa shape index (κ2) is 8.61. The molecule has 8 heteroatoms. The number of benzene rings is 2. The number of methoxy groups -OCH3 is 2. The number of hydrogen-bond donors (Lipinski definition) is 1. The van der Waals surface area contributed by atoms with Crippen molar-refractivity contribution in [3.05, 3.63) is 81.9 Å². The van der Waals surface area contributed by atoms with Gasteiger partial charge in [0.2, 0.25) is 0 Å². The fourth-order valence-corrected chi connectivity index (χ4v) is 4.05. The van der Waals surface area contributed by atoms with E-state index in [1.807, 2.05) is 11.4 Å². The zero-order valence-electron chi connectivity index (χ0n) is 16.8. The van der Waals surface area contributed by atoms with Crippen molar-refractivity contribution in [3.63, 3.8) is 0 Å². The molecule has 158 valence electrons. The van der Waals surface area contributed by atoms with Crippen LogP contribution >= 0.6 is 11.3 Å². The fourth-order valence-electron chi connectivity index (χ4n) is 3.28. The molecule has 0 saturated heterocycles. The number of carbonyl (C=O) groups is 2. The summed E-state index contributed by atoms with van der Waals surface area (Å²) in [5.41, 5.74) is 1.66. The van der Waals surface area contributed by atoms with Gasteiger partial charge < -0.3 is 14.8 Å². The summed E-state index contributed by atoms with van der Waals surface area (Å²) in [7, 11) is 3.06. The first-order valence-electron chi connectivity index (χ1n) is 9.39. The van der Waals surface area contributed by atoms with Crippen LogP contribution in [0.3, 0.4) is 0 Å². The molecule has 31 heavy (non-hydrogen) atoms. The van der Waals surface area contributed by atoms with Crippen LogP contribution in [-0.2, 0) is 16.1 Å². The molecule has 0 radical (unpaired) electrons. The molecule has 1 aliphatic rings. The number of halogens is 1. The zero-order chi connectivity index (χ0) is 22.0. The molecule has 6 nitrogen and oxygen atoms in total. The summed E-state index contributed by atoms with van der Waals surface area (Å²) in [4.78, 5) is 28.3. The van der Waals surface area contributed by atoms with E-state index in [9.17, 15) is 14.0 Å². The van der Waals surface area contributed by atoms with E-state index in [1.54, 1.807) is 36.4 Å². The predicted octanol–water partition coefficient (Wildman–Crippen LogP) is 4.30. The Labute approximate surface area is 182 Å². The summed E-state index contributed by atoms with van der Waals surface area (Å²) >= 11 is 1.37. The Balaban J connectivity index is 1.71. The lowest BCUT2D eigenvalue weighted by atomic mass is 10.1. The molecule has 0 bridgehead atoms. The van der Waals surface area contributed by atoms with Crippen molar-refractivity contribution in [3.8, 4) is 11.5 Å². The summed E-state index contributed by atoms with van der Waals surface area (Å²) in [5.74, 6) is -0.164. The topological polar surface area (TPSA) is 67.9 Å². The minimum atomic E-state index is -0.459. The number of amides is 2. The second-order valence-electron chi connectivity index (χ2n) is 6.78. The van der Waals surface area contributed by atoms with Crippen LogP contribution in [0.15, 0.2) is 65.7 Å². The van der Waals surface area contributed by atoms with E-state index < -0.39 is 11.8 Å². The Morgan fingerprint density at radius 2 is 1.65 bits per heavy atom. The van der Waals surface area contributed by atoms with Crippen LogP contribution in [0.25, 0.3) is 5.57 Å². The van der Waals surface area contributed by atoms with E-state index in [2.05, 4.69) is 5.32 Å². The van der Waals surface area contributed by atoms with E-state index in [0.717, 1.165) is 4.90 Å². The van der Waals surface area contributed by atoms with E-state index in [0.29, 0.717) is 33.2 Å². The molecule has 0 spiro atoms. The monoisotopic (exact) mass is 438 g/mol. The molecule has 0 fully saturated rings. The molecule has 4 rings (SSSR count). The second-order valence-corrected chi connectivity index (χ2v) is 7.72. The van der Waals surface area contributed by atoms with Gasteiger partial charge in [-0.1, -0.05) is 18.2 Å². The summed E-state index contributed by atoms with van der Waals surface area (Å²) < 4.78 is 23.8. The average Bonchev–Trinajstić information content (AvgIpc) is 3.38. The fraction of sp³-hybridized carbons (Fsp3) is 0.130. The summed E-state index contributed by atoms with van der Waals surface area (Å²) in [5, 5.41) is 4.93. The highest BCUT2D eigenvalue weighted by Crippen LogP contribution is 2.35. The number of nitrogens with zero attached hydrogens (tertiary/aromatic N) is 1. The first kappa shape index (κ1) is 20.6.